The second-order valence-corrected chi connectivity index (χ2v) is 10.5. The lowest BCUT2D eigenvalue weighted by Gasteiger charge is -2.34. The van der Waals surface area contributed by atoms with Gasteiger partial charge in [-0.2, -0.15) is 0 Å². The van der Waals surface area contributed by atoms with Crippen LogP contribution in [-0.4, -0.2) is 63.3 Å². The first-order chi connectivity index (χ1) is 14.8. The van der Waals surface area contributed by atoms with Gasteiger partial charge in [-0.05, 0) is 55.7 Å². The van der Waals surface area contributed by atoms with Gasteiger partial charge in [-0.25, -0.2) is 13.9 Å². The van der Waals surface area contributed by atoms with Gasteiger partial charge in [0.05, 0.1) is 12.0 Å². The molecule has 2 fully saturated rings. The number of benzene rings is 1. The molecular weight excluding hydrogens is 420 g/mol. The number of sulfone groups is 1. The Balaban J connectivity index is 1.68. The van der Waals surface area contributed by atoms with Crippen LogP contribution in [0, 0.1) is 5.92 Å². The molecule has 1 aromatic rings. The Kier molecular flexibility index (Phi) is 7.72. The topological polar surface area (TPSA) is 102 Å². The predicted molar refractivity (Wildman–Crippen MR) is 115 cm³/mol. The van der Waals surface area contributed by atoms with Crippen molar-refractivity contribution in [1.29, 1.82) is 0 Å². The summed E-state index contributed by atoms with van der Waals surface area (Å²) in [6, 6.07) is 6.81. The Labute approximate surface area is 184 Å². The first-order valence-electron chi connectivity index (χ1n) is 10.9. The molecule has 1 N–H and O–H groups in total. The van der Waals surface area contributed by atoms with E-state index in [-0.39, 0.29) is 36.9 Å². The van der Waals surface area contributed by atoms with Crippen LogP contribution in [0.1, 0.15) is 44.6 Å². The summed E-state index contributed by atoms with van der Waals surface area (Å²) in [5, 5.41) is 0. The predicted octanol–water partition coefficient (Wildman–Crippen LogP) is 1.88. The van der Waals surface area contributed by atoms with E-state index in [4.69, 9.17) is 9.57 Å². The maximum absolute atomic E-state index is 13.4. The van der Waals surface area contributed by atoms with E-state index in [1.807, 2.05) is 24.0 Å². The standard InChI is InChI=1S/C22H32N2O6S/c1-3-20(25)24-13-10-18(16-24)5-4-17-6-8-19(9-7-17)31(27,28)22(21(26)23-29-2)11-14-30-15-12-22/h6-9,18H,3-5,10-16H2,1-2H3,(H,23,26). The summed E-state index contributed by atoms with van der Waals surface area (Å²) >= 11 is 0. The lowest BCUT2D eigenvalue weighted by atomic mass is 9.98. The average molecular weight is 453 g/mol. The van der Waals surface area contributed by atoms with E-state index in [9.17, 15) is 18.0 Å². The number of rotatable bonds is 8. The van der Waals surface area contributed by atoms with Crippen molar-refractivity contribution in [2.75, 3.05) is 33.4 Å². The number of nitrogens with zero attached hydrogens (tertiary/aromatic N) is 1. The van der Waals surface area contributed by atoms with Crippen molar-refractivity contribution >= 4 is 21.7 Å². The molecule has 8 nitrogen and oxygen atoms in total. The Morgan fingerprint density at radius 2 is 1.90 bits per heavy atom. The van der Waals surface area contributed by atoms with Crippen LogP contribution in [0.3, 0.4) is 0 Å². The van der Waals surface area contributed by atoms with Crippen molar-refractivity contribution in [2.24, 2.45) is 5.92 Å². The molecule has 3 rings (SSSR count). The number of aryl methyl sites for hydroxylation is 1. The fourth-order valence-electron chi connectivity index (χ4n) is 4.45. The number of carbonyl (C=O) groups excluding carboxylic acids is 2. The fourth-order valence-corrected chi connectivity index (χ4v) is 6.39. The van der Waals surface area contributed by atoms with Crippen molar-refractivity contribution in [2.45, 2.75) is 55.1 Å². The summed E-state index contributed by atoms with van der Waals surface area (Å²) < 4.78 is 30.6. The van der Waals surface area contributed by atoms with Crippen LogP contribution in [0.25, 0.3) is 0 Å². The van der Waals surface area contributed by atoms with Crippen LogP contribution < -0.4 is 5.48 Å². The largest absolute Gasteiger partial charge is 0.381 e. The molecule has 0 radical (unpaired) electrons. The number of hydrogen-bond acceptors (Lipinski definition) is 6. The normalized spacial score (nSPS) is 21.1. The van der Waals surface area contributed by atoms with Gasteiger partial charge in [-0.1, -0.05) is 19.1 Å². The molecule has 31 heavy (non-hydrogen) atoms. The number of hydroxylamine groups is 1. The van der Waals surface area contributed by atoms with E-state index in [1.165, 1.54) is 7.11 Å². The minimum absolute atomic E-state index is 0.0843. The summed E-state index contributed by atoms with van der Waals surface area (Å²) in [7, 11) is -2.64. The van der Waals surface area contributed by atoms with Gasteiger partial charge in [0.2, 0.25) is 5.91 Å². The molecule has 0 bridgehead atoms. The summed E-state index contributed by atoms with van der Waals surface area (Å²) in [5.74, 6) is 0.0218. The molecule has 1 unspecified atom stereocenters. The third kappa shape index (κ3) is 4.94. The molecule has 2 saturated heterocycles. The maximum atomic E-state index is 13.4. The second kappa shape index (κ2) is 10.1. The third-order valence-corrected chi connectivity index (χ3v) is 8.95. The summed E-state index contributed by atoms with van der Waals surface area (Å²) in [6.45, 7) is 3.91. The lowest BCUT2D eigenvalue weighted by molar-refractivity contribution is -0.136. The zero-order valence-corrected chi connectivity index (χ0v) is 19.1. The quantitative estimate of drug-likeness (QED) is 0.604. The van der Waals surface area contributed by atoms with Crippen molar-refractivity contribution in [1.82, 2.24) is 10.4 Å². The van der Waals surface area contributed by atoms with Crippen LogP contribution >= 0.6 is 0 Å². The summed E-state index contributed by atoms with van der Waals surface area (Å²) in [6.07, 6.45) is 3.50. The van der Waals surface area contributed by atoms with E-state index < -0.39 is 20.5 Å². The zero-order valence-electron chi connectivity index (χ0n) is 18.3. The smallest absolute Gasteiger partial charge is 0.265 e. The number of likely N-dealkylation sites (tertiary alicyclic amines) is 1. The molecule has 0 spiro atoms. The molecule has 172 valence electrons. The SMILES string of the molecule is CCC(=O)N1CCC(CCc2ccc(S(=O)(=O)C3(C(=O)NOC)CCOCC3)cc2)C1. The van der Waals surface area contributed by atoms with Gasteiger partial charge < -0.3 is 9.64 Å². The van der Waals surface area contributed by atoms with E-state index in [0.717, 1.165) is 37.9 Å². The fraction of sp³-hybridized carbons (Fsp3) is 0.636. The van der Waals surface area contributed by atoms with Crippen molar-refractivity contribution in [3.8, 4) is 0 Å². The van der Waals surface area contributed by atoms with Crippen LogP contribution in [0.4, 0.5) is 0 Å². The van der Waals surface area contributed by atoms with Gasteiger partial charge in [0, 0.05) is 32.7 Å². The van der Waals surface area contributed by atoms with E-state index in [1.54, 1.807) is 12.1 Å². The van der Waals surface area contributed by atoms with Gasteiger partial charge >= 0.3 is 0 Å². The lowest BCUT2D eigenvalue weighted by Crippen LogP contribution is -2.55. The number of ether oxygens (including phenoxy) is 1. The maximum Gasteiger partial charge on any atom is 0.265 e. The van der Waals surface area contributed by atoms with Crippen LogP contribution in [0.15, 0.2) is 29.2 Å². The van der Waals surface area contributed by atoms with Crippen LogP contribution in [0.2, 0.25) is 0 Å². The Hall–Kier alpha value is -1.97. The first-order valence-corrected chi connectivity index (χ1v) is 12.3. The Morgan fingerprint density at radius 3 is 2.52 bits per heavy atom. The van der Waals surface area contributed by atoms with Gasteiger partial charge in [0.1, 0.15) is 0 Å². The van der Waals surface area contributed by atoms with Crippen LogP contribution in [-0.2, 0) is 35.4 Å². The molecule has 2 aliphatic rings. The number of nitrogens with one attached hydrogen (secondary N) is 1. The molecule has 2 heterocycles. The number of hydrogen-bond donors (Lipinski definition) is 1. The van der Waals surface area contributed by atoms with E-state index >= 15 is 0 Å². The van der Waals surface area contributed by atoms with Gasteiger partial charge in [0.25, 0.3) is 5.91 Å². The van der Waals surface area contributed by atoms with E-state index in [2.05, 4.69) is 5.48 Å². The van der Waals surface area contributed by atoms with Gasteiger partial charge in [0.15, 0.2) is 14.6 Å². The molecule has 0 aromatic heterocycles. The molecule has 0 aliphatic carbocycles. The minimum atomic E-state index is -3.93. The first kappa shape index (κ1) is 23.7. The van der Waals surface area contributed by atoms with Crippen molar-refractivity contribution in [3.63, 3.8) is 0 Å². The van der Waals surface area contributed by atoms with Crippen LogP contribution in [0.5, 0.6) is 0 Å². The summed E-state index contributed by atoms with van der Waals surface area (Å²) in [5.41, 5.74) is 3.25. The molecule has 2 aliphatic heterocycles. The number of amides is 2. The molecule has 2 amide bonds. The highest BCUT2D eigenvalue weighted by atomic mass is 32.2. The average Bonchev–Trinajstić information content (AvgIpc) is 3.27. The molecule has 1 atom stereocenters. The second-order valence-electron chi connectivity index (χ2n) is 8.28. The summed E-state index contributed by atoms with van der Waals surface area (Å²) in [4.78, 5) is 31.3. The molecule has 1 aromatic carbocycles. The highest BCUT2D eigenvalue weighted by Crippen LogP contribution is 2.35. The van der Waals surface area contributed by atoms with Gasteiger partial charge in [-0.3, -0.25) is 14.4 Å². The zero-order chi connectivity index (χ0) is 22.5. The van der Waals surface area contributed by atoms with Crippen molar-refractivity contribution in [3.05, 3.63) is 29.8 Å². The molecule has 9 heteroatoms. The highest BCUT2D eigenvalue weighted by Gasteiger charge is 2.52. The third-order valence-electron chi connectivity index (χ3n) is 6.44. The van der Waals surface area contributed by atoms with Gasteiger partial charge in [-0.15, -0.1) is 0 Å². The molecular formula is C22H32N2O6S. The highest BCUT2D eigenvalue weighted by molar-refractivity contribution is 7.93. The van der Waals surface area contributed by atoms with Crippen molar-refractivity contribution < 1.29 is 27.6 Å². The Bertz CT molecular complexity index is 878. The Morgan fingerprint density at radius 1 is 1.23 bits per heavy atom. The minimum Gasteiger partial charge on any atom is -0.381 e. The number of carbonyl (C=O) groups is 2. The van der Waals surface area contributed by atoms with E-state index in [0.29, 0.717) is 12.3 Å². The molecule has 0 saturated carbocycles. The monoisotopic (exact) mass is 452 g/mol.